The summed E-state index contributed by atoms with van der Waals surface area (Å²) >= 11 is 0. The first-order valence-electron chi connectivity index (χ1n) is 6.99. The summed E-state index contributed by atoms with van der Waals surface area (Å²) < 4.78 is 5.48. The maximum Gasteiger partial charge on any atom is 0.135 e. The molecule has 1 unspecified atom stereocenters. The van der Waals surface area contributed by atoms with Gasteiger partial charge in [0.1, 0.15) is 17.5 Å². The number of hydrogen-bond donors (Lipinski definition) is 2. The number of rotatable bonds is 5. The Morgan fingerprint density at radius 3 is 2.63 bits per heavy atom. The first-order valence-corrected chi connectivity index (χ1v) is 6.99. The molecule has 2 heterocycles. The lowest BCUT2D eigenvalue weighted by Gasteiger charge is -2.26. The fourth-order valence-electron chi connectivity index (χ4n) is 2.22. The summed E-state index contributed by atoms with van der Waals surface area (Å²) in [5.41, 5.74) is 1.06. The van der Waals surface area contributed by atoms with Crippen LogP contribution in [-0.2, 0) is 4.74 Å². The summed E-state index contributed by atoms with van der Waals surface area (Å²) in [5, 5.41) is 6.89. The van der Waals surface area contributed by atoms with Crippen molar-refractivity contribution < 1.29 is 4.74 Å². The van der Waals surface area contributed by atoms with Crippen LogP contribution in [0, 0.1) is 13.8 Å². The number of ether oxygens (including phenoxy) is 1. The highest BCUT2D eigenvalue weighted by Crippen LogP contribution is 2.27. The van der Waals surface area contributed by atoms with Gasteiger partial charge < -0.3 is 15.4 Å². The van der Waals surface area contributed by atoms with E-state index < -0.39 is 0 Å². The van der Waals surface area contributed by atoms with Crippen LogP contribution in [0.15, 0.2) is 0 Å². The van der Waals surface area contributed by atoms with Gasteiger partial charge in [0.15, 0.2) is 0 Å². The molecular weight excluding hydrogens is 240 g/mol. The van der Waals surface area contributed by atoms with Gasteiger partial charge in [-0.1, -0.05) is 6.92 Å². The zero-order chi connectivity index (χ0) is 13.9. The van der Waals surface area contributed by atoms with Crippen molar-refractivity contribution in [2.24, 2.45) is 0 Å². The average Bonchev–Trinajstić information content (AvgIpc) is 2.78. The Hall–Kier alpha value is -1.36. The van der Waals surface area contributed by atoms with Gasteiger partial charge >= 0.3 is 0 Å². The van der Waals surface area contributed by atoms with Crippen LogP contribution in [0.25, 0.3) is 0 Å². The first-order chi connectivity index (χ1) is 9.04. The molecule has 1 fully saturated rings. The van der Waals surface area contributed by atoms with Crippen LogP contribution in [-0.4, -0.2) is 35.3 Å². The minimum Gasteiger partial charge on any atom is -0.379 e. The molecular formula is C14H24N4O. The quantitative estimate of drug-likeness (QED) is 0.855. The van der Waals surface area contributed by atoms with E-state index in [4.69, 9.17) is 4.74 Å². The van der Waals surface area contributed by atoms with E-state index in [1.807, 2.05) is 6.92 Å². The van der Waals surface area contributed by atoms with Crippen LogP contribution in [0.1, 0.15) is 38.1 Å². The molecule has 1 aliphatic heterocycles. The van der Waals surface area contributed by atoms with Gasteiger partial charge in [0.25, 0.3) is 0 Å². The number of aryl methyl sites for hydroxylation is 1. The monoisotopic (exact) mass is 264 g/mol. The molecule has 1 saturated heterocycles. The van der Waals surface area contributed by atoms with Gasteiger partial charge in [-0.15, -0.1) is 0 Å². The third-order valence-corrected chi connectivity index (χ3v) is 3.44. The Balaban J connectivity index is 2.21. The van der Waals surface area contributed by atoms with Crippen molar-refractivity contribution in [3.8, 4) is 0 Å². The molecule has 0 bridgehead atoms. The molecule has 0 aliphatic carbocycles. The summed E-state index contributed by atoms with van der Waals surface area (Å²) in [7, 11) is 0. The molecule has 2 rings (SSSR count). The zero-order valence-electron chi connectivity index (χ0n) is 12.3. The standard InChI is InChI=1S/C14H24N4O/c1-5-7-15-12-10(2)13(17-11(3)16-12)18-14(4)6-8-19-9-14/h5-9H2,1-4H3,(H2,15,16,17,18). The average molecular weight is 264 g/mol. The maximum atomic E-state index is 5.48. The third-order valence-electron chi connectivity index (χ3n) is 3.44. The van der Waals surface area contributed by atoms with E-state index in [1.165, 1.54) is 0 Å². The molecule has 106 valence electrons. The smallest absolute Gasteiger partial charge is 0.135 e. The van der Waals surface area contributed by atoms with Crippen LogP contribution in [0.4, 0.5) is 11.6 Å². The van der Waals surface area contributed by atoms with E-state index in [0.717, 1.165) is 55.6 Å². The normalized spacial score (nSPS) is 22.5. The summed E-state index contributed by atoms with van der Waals surface area (Å²) in [5.74, 6) is 2.63. The van der Waals surface area contributed by atoms with Gasteiger partial charge in [-0.25, -0.2) is 9.97 Å². The molecule has 5 heteroatoms. The molecule has 0 radical (unpaired) electrons. The fraction of sp³-hybridized carbons (Fsp3) is 0.714. The van der Waals surface area contributed by atoms with Crippen LogP contribution >= 0.6 is 0 Å². The second-order valence-corrected chi connectivity index (χ2v) is 5.51. The van der Waals surface area contributed by atoms with Crippen LogP contribution < -0.4 is 10.6 Å². The number of hydrogen-bond acceptors (Lipinski definition) is 5. The van der Waals surface area contributed by atoms with E-state index >= 15 is 0 Å². The Morgan fingerprint density at radius 2 is 2.00 bits per heavy atom. The molecule has 1 atom stereocenters. The van der Waals surface area contributed by atoms with Gasteiger partial charge in [0.2, 0.25) is 0 Å². The van der Waals surface area contributed by atoms with Gasteiger partial charge in [0.05, 0.1) is 12.1 Å². The molecule has 1 aliphatic rings. The van der Waals surface area contributed by atoms with Crippen molar-refractivity contribution in [2.45, 2.75) is 46.1 Å². The van der Waals surface area contributed by atoms with Gasteiger partial charge in [-0.2, -0.15) is 0 Å². The Kier molecular flexibility index (Phi) is 4.24. The second kappa shape index (κ2) is 5.74. The van der Waals surface area contributed by atoms with E-state index in [-0.39, 0.29) is 5.54 Å². The summed E-state index contributed by atoms with van der Waals surface area (Å²) in [6, 6.07) is 0. The summed E-state index contributed by atoms with van der Waals surface area (Å²) in [6.45, 7) is 10.8. The van der Waals surface area contributed by atoms with E-state index in [1.54, 1.807) is 0 Å². The molecule has 19 heavy (non-hydrogen) atoms. The first kappa shape index (κ1) is 14.1. The third kappa shape index (κ3) is 3.35. The van der Waals surface area contributed by atoms with Crippen LogP contribution in [0.3, 0.4) is 0 Å². The van der Waals surface area contributed by atoms with Crippen molar-refractivity contribution in [2.75, 3.05) is 30.4 Å². The Bertz CT molecular complexity index is 441. The SMILES string of the molecule is CCCNc1nc(C)nc(NC2(C)CCOC2)c1C. The number of nitrogens with one attached hydrogen (secondary N) is 2. The van der Waals surface area contributed by atoms with E-state index in [9.17, 15) is 0 Å². The molecule has 5 nitrogen and oxygen atoms in total. The lowest BCUT2D eigenvalue weighted by Crippen LogP contribution is -2.36. The van der Waals surface area contributed by atoms with Crippen LogP contribution in [0.5, 0.6) is 0 Å². The fourth-order valence-corrected chi connectivity index (χ4v) is 2.22. The van der Waals surface area contributed by atoms with Crippen molar-refractivity contribution in [1.29, 1.82) is 0 Å². The molecule has 1 aromatic heterocycles. The highest BCUT2D eigenvalue weighted by atomic mass is 16.5. The summed E-state index contributed by atoms with van der Waals surface area (Å²) in [6.07, 6.45) is 2.09. The molecule has 0 spiro atoms. The van der Waals surface area contributed by atoms with Crippen molar-refractivity contribution in [1.82, 2.24) is 9.97 Å². The van der Waals surface area contributed by atoms with Gasteiger partial charge in [0, 0.05) is 18.7 Å². The number of aromatic nitrogens is 2. The van der Waals surface area contributed by atoms with E-state index in [2.05, 4.69) is 41.4 Å². The molecule has 2 N–H and O–H groups in total. The van der Waals surface area contributed by atoms with Crippen molar-refractivity contribution in [3.05, 3.63) is 11.4 Å². The maximum absolute atomic E-state index is 5.48. The molecule has 0 aromatic carbocycles. The minimum atomic E-state index is -0.0203. The predicted molar refractivity (Wildman–Crippen MR) is 77.8 cm³/mol. The van der Waals surface area contributed by atoms with Crippen LogP contribution in [0.2, 0.25) is 0 Å². The largest absolute Gasteiger partial charge is 0.379 e. The Labute approximate surface area is 115 Å². The van der Waals surface area contributed by atoms with Gasteiger partial charge in [-0.05, 0) is 33.6 Å². The highest BCUT2D eigenvalue weighted by molar-refractivity contribution is 5.58. The lowest BCUT2D eigenvalue weighted by molar-refractivity contribution is 0.185. The van der Waals surface area contributed by atoms with E-state index in [0.29, 0.717) is 0 Å². The lowest BCUT2D eigenvalue weighted by atomic mass is 10.0. The Morgan fingerprint density at radius 1 is 1.26 bits per heavy atom. The summed E-state index contributed by atoms with van der Waals surface area (Å²) in [4.78, 5) is 9.01. The zero-order valence-corrected chi connectivity index (χ0v) is 12.3. The molecule has 0 saturated carbocycles. The molecule has 1 aromatic rings. The molecule has 0 amide bonds. The number of nitrogens with zero attached hydrogens (tertiary/aromatic N) is 2. The predicted octanol–water partition coefficient (Wildman–Crippen LogP) is 2.51. The van der Waals surface area contributed by atoms with Crippen molar-refractivity contribution in [3.63, 3.8) is 0 Å². The highest BCUT2D eigenvalue weighted by Gasteiger charge is 2.30. The topological polar surface area (TPSA) is 59.1 Å². The minimum absolute atomic E-state index is 0.0203. The number of anilines is 2. The van der Waals surface area contributed by atoms with Gasteiger partial charge in [-0.3, -0.25) is 0 Å². The second-order valence-electron chi connectivity index (χ2n) is 5.51. The van der Waals surface area contributed by atoms with Crippen molar-refractivity contribution >= 4 is 11.6 Å².